The number of methoxy groups -OCH3 is 2. The minimum Gasteiger partial charge on any atom is -0.447 e. The van der Waals surface area contributed by atoms with E-state index in [1.54, 1.807) is 14.2 Å². The fourth-order valence-corrected chi connectivity index (χ4v) is 5.92. The molecule has 0 saturated carbocycles. The van der Waals surface area contributed by atoms with Crippen LogP contribution in [0.5, 0.6) is 0 Å². The number of Topliss-reactive ketones (excluding diaryl/α,β-unsaturated/α-hetero) is 2. The third kappa shape index (κ3) is 3.45. The van der Waals surface area contributed by atoms with E-state index in [-0.39, 0.29) is 49.8 Å². The summed E-state index contributed by atoms with van der Waals surface area (Å²) in [4.78, 5) is 42.8. The minimum atomic E-state index is -0.902. The molecule has 0 aromatic rings. The first-order valence-corrected chi connectivity index (χ1v) is 10.9. The number of ether oxygens (including phenoxy) is 3. The monoisotopic (exact) mass is 423 g/mol. The topological polar surface area (TPSA) is 97.4 Å². The number of fused-ring (bicyclic) bond motifs is 6. The molecular weight excluding hydrogens is 390 g/mol. The van der Waals surface area contributed by atoms with E-state index in [1.807, 2.05) is 0 Å². The zero-order valence-electron chi connectivity index (χ0n) is 18.0. The fourth-order valence-electron chi connectivity index (χ4n) is 5.92. The van der Waals surface area contributed by atoms with Crippen LogP contribution in [0.25, 0.3) is 0 Å². The van der Waals surface area contributed by atoms with Crippen LogP contribution in [0.4, 0.5) is 4.79 Å². The van der Waals surface area contributed by atoms with Crippen molar-refractivity contribution in [2.45, 2.75) is 36.8 Å². The number of amides is 1. The molecule has 0 radical (unpaired) electrons. The largest absolute Gasteiger partial charge is 0.447 e. The lowest BCUT2D eigenvalue weighted by atomic mass is 9.73. The second-order valence-corrected chi connectivity index (χ2v) is 9.11. The summed E-state index contributed by atoms with van der Waals surface area (Å²) in [7, 11) is 3.13. The van der Waals surface area contributed by atoms with E-state index in [1.165, 1.54) is 0 Å². The Balaban J connectivity index is 1.39. The summed E-state index contributed by atoms with van der Waals surface area (Å²) < 4.78 is 16.2. The Kier molecular flexibility index (Phi) is 6.16. The van der Waals surface area contributed by atoms with Crippen molar-refractivity contribution in [3.63, 3.8) is 0 Å². The zero-order valence-corrected chi connectivity index (χ0v) is 18.0. The van der Waals surface area contributed by atoms with Gasteiger partial charge in [0.05, 0.1) is 13.2 Å². The van der Waals surface area contributed by atoms with Gasteiger partial charge in [-0.05, 0) is 38.8 Å². The van der Waals surface area contributed by atoms with Crippen LogP contribution in [-0.4, -0.2) is 105 Å². The van der Waals surface area contributed by atoms with Crippen molar-refractivity contribution in [3.05, 3.63) is 0 Å². The normalized spacial score (nSPS) is 39.9. The second kappa shape index (κ2) is 8.53. The lowest BCUT2D eigenvalue weighted by Crippen LogP contribution is -2.71. The number of carbonyl (C=O) groups is 3. The van der Waals surface area contributed by atoms with Gasteiger partial charge in [0.1, 0.15) is 17.7 Å². The van der Waals surface area contributed by atoms with E-state index in [4.69, 9.17) is 14.2 Å². The molecule has 6 heterocycles. The molecule has 6 fully saturated rings. The molecule has 1 amide bonds. The van der Waals surface area contributed by atoms with Crippen LogP contribution in [0.2, 0.25) is 0 Å². The fraction of sp³-hybridized carbons (Fsp3) is 0.857. The lowest BCUT2D eigenvalue weighted by molar-refractivity contribution is -0.158. The average Bonchev–Trinajstić information content (AvgIpc) is 2.77. The van der Waals surface area contributed by atoms with E-state index < -0.39 is 17.2 Å². The Morgan fingerprint density at radius 3 is 1.80 bits per heavy atom. The maximum Gasteiger partial charge on any atom is 0.407 e. The van der Waals surface area contributed by atoms with Crippen molar-refractivity contribution in [2.75, 3.05) is 66.8 Å². The summed E-state index contributed by atoms with van der Waals surface area (Å²) in [5.74, 6) is 0.307. The number of rotatable bonds is 8. The SMILES string of the molecule is COC[C@]1(COC(=O)NC[C@@]2(COC)C(=O)C3CCN2CC3)C(=O)C2CCN1CC2. The number of hydrogen-bond donors (Lipinski definition) is 1. The number of ketones is 2. The van der Waals surface area contributed by atoms with Crippen LogP contribution in [0, 0.1) is 11.8 Å². The highest BCUT2D eigenvalue weighted by molar-refractivity contribution is 5.93. The molecule has 0 aliphatic carbocycles. The molecule has 6 saturated heterocycles. The zero-order chi connectivity index (χ0) is 21.4. The molecule has 168 valence electrons. The standard InChI is InChI=1S/C21H33N3O6/c1-28-12-20(17(25)15-3-7-23(20)8-4-15)11-22-19(27)30-14-21(13-29-2)18(26)16-5-9-24(21)10-6-16/h15-16H,3-14H2,1-2H3,(H,22,27)/t20-,21+/m1/s1. The van der Waals surface area contributed by atoms with Gasteiger partial charge < -0.3 is 19.5 Å². The molecule has 9 nitrogen and oxygen atoms in total. The van der Waals surface area contributed by atoms with Crippen molar-refractivity contribution >= 4 is 17.7 Å². The molecule has 30 heavy (non-hydrogen) atoms. The number of piperidine rings is 6. The van der Waals surface area contributed by atoms with Crippen LogP contribution in [0.3, 0.4) is 0 Å². The summed E-state index contributed by atoms with van der Waals surface area (Å²) in [5.41, 5.74) is -1.73. The number of carbonyl (C=O) groups excluding carboxylic acids is 3. The molecule has 0 spiro atoms. The quantitative estimate of drug-likeness (QED) is 0.586. The molecule has 4 bridgehead atoms. The van der Waals surface area contributed by atoms with Gasteiger partial charge in [-0.3, -0.25) is 19.4 Å². The van der Waals surface area contributed by atoms with Crippen LogP contribution < -0.4 is 5.32 Å². The van der Waals surface area contributed by atoms with Crippen LogP contribution in [0.15, 0.2) is 0 Å². The van der Waals surface area contributed by atoms with Crippen molar-refractivity contribution in [1.29, 1.82) is 0 Å². The molecule has 0 aromatic heterocycles. The van der Waals surface area contributed by atoms with Gasteiger partial charge in [-0.2, -0.15) is 0 Å². The smallest absolute Gasteiger partial charge is 0.407 e. The molecular formula is C21H33N3O6. The summed E-state index contributed by atoms with van der Waals surface area (Å²) in [5, 5.41) is 2.78. The second-order valence-electron chi connectivity index (χ2n) is 9.11. The van der Waals surface area contributed by atoms with Crippen LogP contribution in [0.1, 0.15) is 25.7 Å². The third-order valence-electron chi connectivity index (χ3n) is 7.59. The van der Waals surface area contributed by atoms with Crippen LogP contribution >= 0.6 is 0 Å². The van der Waals surface area contributed by atoms with Gasteiger partial charge in [-0.15, -0.1) is 0 Å². The van der Waals surface area contributed by atoms with Gasteiger partial charge in [0.2, 0.25) is 0 Å². The minimum absolute atomic E-state index is 0.0185. The molecule has 0 unspecified atom stereocenters. The van der Waals surface area contributed by atoms with E-state index in [9.17, 15) is 14.4 Å². The Morgan fingerprint density at radius 2 is 1.33 bits per heavy atom. The first-order chi connectivity index (χ1) is 14.5. The van der Waals surface area contributed by atoms with E-state index >= 15 is 0 Å². The Morgan fingerprint density at radius 1 is 0.867 bits per heavy atom. The molecule has 9 heteroatoms. The summed E-state index contributed by atoms with van der Waals surface area (Å²) in [6.45, 7) is 3.84. The molecule has 1 N–H and O–H groups in total. The predicted molar refractivity (Wildman–Crippen MR) is 107 cm³/mol. The van der Waals surface area contributed by atoms with Crippen molar-refractivity contribution in [1.82, 2.24) is 15.1 Å². The van der Waals surface area contributed by atoms with E-state index in [0.29, 0.717) is 0 Å². The number of nitrogens with one attached hydrogen (secondary N) is 1. The van der Waals surface area contributed by atoms with Gasteiger partial charge in [-0.25, -0.2) is 4.79 Å². The first-order valence-electron chi connectivity index (χ1n) is 10.9. The lowest BCUT2D eigenvalue weighted by Gasteiger charge is -2.52. The highest BCUT2D eigenvalue weighted by atomic mass is 16.6. The highest BCUT2D eigenvalue weighted by Crippen LogP contribution is 2.38. The van der Waals surface area contributed by atoms with Crippen molar-refractivity contribution in [3.8, 4) is 0 Å². The maximum atomic E-state index is 13.0. The molecule has 6 aliphatic heterocycles. The Bertz CT molecular complexity index is 630. The Hall–Kier alpha value is -1.55. The molecule has 6 rings (SSSR count). The summed E-state index contributed by atoms with van der Waals surface area (Å²) >= 11 is 0. The van der Waals surface area contributed by atoms with Gasteiger partial charge in [0, 0.05) is 45.7 Å². The van der Waals surface area contributed by atoms with E-state index in [2.05, 4.69) is 15.1 Å². The van der Waals surface area contributed by atoms with Crippen molar-refractivity contribution in [2.24, 2.45) is 11.8 Å². The molecule has 2 atom stereocenters. The summed E-state index contributed by atoms with van der Waals surface area (Å²) in [6, 6.07) is 0. The maximum absolute atomic E-state index is 13.0. The highest BCUT2D eigenvalue weighted by Gasteiger charge is 2.55. The van der Waals surface area contributed by atoms with Crippen LogP contribution in [-0.2, 0) is 23.8 Å². The number of alkyl carbamates (subject to hydrolysis) is 1. The molecule has 6 aliphatic rings. The first kappa shape index (κ1) is 21.7. The Labute approximate surface area is 177 Å². The summed E-state index contributed by atoms with van der Waals surface area (Å²) in [6.07, 6.45) is 2.83. The third-order valence-corrected chi connectivity index (χ3v) is 7.59. The van der Waals surface area contributed by atoms with Gasteiger partial charge in [-0.1, -0.05) is 0 Å². The van der Waals surface area contributed by atoms with Crippen molar-refractivity contribution < 1.29 is 28.6 Å². The van der Waals surface area contributed by atoms with Gasteiger partial charge in [0.15, 0.2) is 11.6 Å². The van der Waals surface area contributed by atoms with Gasteiger partial charge in [0.25, 0.3) is 0 Å². The van der Waals surface area contributed by atoms with Gasteiger partial charge >= 0.3 is 6.09 Å². The number of nitrogens with zero attached hydrogens (tertiary/aromatic N) is 2. The average molecular weight is 424 g/mol. The number of hydrogen-bond acceptors (Lipinski definition) is 8. The predicted octanol–water partition coefficient (Wildman–Crippen LogP) is 0.0724. The van der Waals surface area contributed by atoms with E-state index in [0.717, 1.165) is 51.9 Å². The molecule has 0 aromatic carbocycles.